The van der Waals surface area contributed by atoms with E-state index in [2.05, 4.69) is 47.1 Å². The summed E-state index contributed by atoms with van der Waals surface area (Å²) in [6.45, 7) is 4.24. The van der Waals surface area contributed by atoms with Crippen molar-refractivity contribution in [2.75, 3.05) is 19.8 Å². The van der Waals surface area contributed by atoms with Gasteiger partial charge in [0.2, 0.25) is 0 Å². The molecule has 0 radical (unpaired) electrons. The van der Waals surface area contributed by atoms with Gasteiger partial charge in [-0.25, -0.2) is 4.98 Å². The number of rotatable bonds is 14. The molecule has 4 aromatic rings. The zero-order valence-electron chi connectivity index (χ0n) is 21.3. The minimum absolute atomic E-state index is 0.000710. The summed E-state index contributed by atoms with van der Waals surface area (Å²) in [5.74, 6) is 2.52. The maximum atomic E-state index is 12.0. The van der Waals surface area contributed by atoms with Gasteiger partial charge in [-0.3, -0.25) is 4.79 Å². The van der Waals surface area contributed by atoms with E-state index in [-0.39, 0.29) is 12.5 Å². The number of amides is 1. The predicted molar refractivity (Wildman–Crippen MR) is 149 cm³/mol. The number of fused-ring (bicyclic) bond motifs is 1. The molecule has 0 saturated heterocycles. The lowest BCUT2D eigenvalue weighted by Gasteiger charge is -2.11. The van der Waals surface area contributed by atoms with Crippen LogP contribution in [0.25, 0.3) is 11.0 Å². The molecule has 0 aliphatic carbocycles. The van der Waals surface area contributed by atoms with Crippen molar-refractivity contribution in [3.8, 4) is 11.5 Å². The smallest absolute Gasteiger partial charge is 0.257 e. The lowest BCUT2D eigenvalue weighted by Crippen LogP contribution is -2.29. The monoisotopic (exact) mass is 519 g/mol. The van der Waals surface area contributed by atoms with Crippen molar-refractivity contribution in [3.05, 3.63) is 89.2 Å². The maximum absolute atomic E-state index is 12.0. The second-order valence-electron chi connectivity index (χ2n) is 9.09. The summed E-state index contributed by atoms with van der Waals surface area (Å²) >= 11 is 5.86. The maximum Gasteiger partial charge on any atom is 0.257 e. The summed E-state index contributed by atoms with van der Waals surface area (Å²) in [5, 5.41) is 3.56. The van der Waals surface area contributed by atoms with Crippen LogP contribution in [-0.2, 0) is 17.8 Å². The molecule has 4 rings (SSSR count). The normalized spacial score (nSPS) is 11.0. The molecule has 3 aromatic carbocycles. The van der Waals surface area contributed by atoms with Gasteiger partial charge < -0.3 is 19.4 Å². The Hall–Kier alpha value is -3.51. The van der Waals surface area contributed by atoms with Gasteiger partial charge in [0.25, 0.3) is 5.91 Å². The number of aryl methyl sites for hydroxylation is 3. The quantitative estimate of drug-likeness (QED) is 0.196. The molecule has 0 spiro atoms. The van der Waals surface area contributed by atoms with E-state index >= 15 is 0 Å². The Morgan fingerprint density at radius 3 is 2.43 bits per heavy atom. The molecule has 0 aliphatic heterocycles. The molecule has 1 aromatic heterocycles. The van der Waals surface area contributed by atoms with Crippen LogP contribution in [-0.4, -0.2) is 35.2 Å². The number of carbonyl (C=O) groups is 1. The van der Waals surface area contributed by atoms with E-state index in [1.165, 1.54) is 11.1 Å². The molecular weight excluding hydrogens is 486 g/mol. The fourth-order valence-corrected chi connectivity index (χ4v) is 4.28. The van der Waals surface area contributed by atoms with Crippen molar-refractivity contribution in [3.63, 3.8) is 0 Å². The zero-order valence-corrected chi connectivity index (χ0v) is 22.0. The second kappa shape index (κ2) is 13.7. The van der Waals surface area contributed by atoms with E-state index in [0.717, 1.165) is 55.7 Å². The van der Waals surface area contributed by atoms with Crippen LogP contribution in [0, 0.1) is 6.92 Å². The Bertz CT molecular complexity index is 1270. The molecule has 194 valence electrons. The first-order chi connectivity index (χ1) is 18.1. The Morgan fingerprint density at radius 1 is 0.892 bits per heavy atom. The lowest BCUT2D eigenvalue weighted by atomic mass is 10.2. The number of unbranched alkanes of at least 4 members (excludes halogenated alkanes) is 2. The van der Waals surface area contributed by atoms with Gasteiger partial charge in [0.1, 0.15) is 17.3 Å². The molecule has 7 heteroatoms. The first-order valence-corrected chi connectivity index (χ1v) is 13.2. The second-order valence-corrected chi connectivity index (χ2v) is 9.52. The van der Waals surface area contributed by atoms with Crippen LogP contribution in [0.4, 0.5) is 0 Å². The average molecular weight is 520 g/mol. The highest BCUT2D eigenvalue weighted by Gasteiger charge is 2.10. The Balaban J connectivity index is 1.18. The van der Waals surface area contributed by atoms with Crippen molar-refractivity contribution in [1.82, 2.24) is 14.9 Å². The molecule has 0 atom stereocenters. The van der Waals surface area contributed by atoms with Crippen LogP contribution in [0.3, 0.4) is 0 Å². The molecule has 37 heavy (non-hydrogen) atoms. The minimum atomic E-state index is -0.121. The van der Waals surface area contributed by atoms with E-state index in [9.17, 15) is 4.79 Å². The molecule has 1 amide bonds. The average Bonchev–Trinajstić information content (AvgIpc) is 3.26. The zero-order chi connectivity index (χ0) is 25.9. The molecule has 0 saturated carbocycles. The van der Waals surface area contributed by atoms with Crippen molar-refractivity contribution in [2.45, 2.75) is 45.6 Å². The molecule has 0 fully saturated rings. The third kappa shape index (κ3) is 8.25. The van der Waals surface area contributed by atoms with Gasteiger partial charge in [-0.2, -0.15) is 0 Å². The van der Waals surface area contributed by atoms with Crippen LogP contribution in [0.2, 0.25) is 5.02 Å². The van der Waals surface area contributed by atoms with Gasteiger partial charge in [-0.1, -0.05) is 47.9 Å². The number of para-hydroxylation sites is 2. The summed E-state index contributed by atoms with van der Waals surface area (Å²) in [7, 11) is 0. The summed E-state index contributed by atoms with van der Waals surface area (Å²) in [6.07, 6.45) is 4.75. The fourth-order valence-electron chi connectivity index (χ4n) is 4.16. The first-order valence-electron chi connectivity index (χ1n) is 12.9. The number of halogens is 1. The summed E-state index contributed by atoms with van der Waals surface area (Å²) in [5.41, 5.74) is 3.43. The topological polar surface area (TPSA) is 65.4 Å². The predicted octanol–water partition coefficient (Wildman–Crippen LogP) is 6.38. The summed E-state index contributed by atoms with van der Waals surface area (Å²) in [6, 6.07) is 23.4. The van der Waals surface area contributed by atoms with Crippen molar-refractivity contribution < 1.29 is 14.3 Å². The van der Waals surface area contributed by atoms with Crippen molar-refractivity contribution in [2.24, 2.45) is 0 Å². The largest absolute Gasteiger partial charge is 0.494 e. The Kier molecular flexibility index (Phi) is 9.83. The van der Waals surface area contributed by atoms with Crippen LogP contribution in [0.15, 0.2) is 72.8 Å². The van der Waals surface area contributed by atoms with Crippen LogP contribution < -0.4 is 14.8 Å². The van der Waals surface area contributed by atoms with E-state index in [1.54, 1.807) is 24.3 Å². The highest BCUT2D eigenvalue weighted by Crippen LogP contribution is 2.19. The fraction of sp³-hybridized carbons (Fsp3) is 0.333. The molecule has 0 aliphatic rings. The van der Waals surface area contributed by atoms with Crippen molar-refractivity contribution >= 4 is 28.5 Å². The standard InChI is InChI=1S/C30H34ClN3O3/c1-23-11-15-25(16-12-23)36-21-7-20-34-28-9-5-4-8-27(28)33-29(34)10-3-2-6-19-32-30(35)22-37-26-17-13-24(31)14-18-26/h4-5,8-9,11-18H,2-3,6-7,10,19-22H2,1H3,(H,32,35). The van der Waals surface area contributed by atoms with Gasteiger partial charge in [-0.05, 0) is 74.7 Å². The third-order valence-corrected chi connectivity index (χ3v) is 6.38. The van der Waals surface area contributed by atoms with E-state index in [4.69, 9.17) is 26.1 Å². The molecule has 0 bridgehead atoms. The number of hydrogen-bond acceptors (Lipinski definition) is 4. The number of ether oxygens (including phenoxy) is 2. The number of carbonyl (C=O) groups excluding carboxylic acids is 1. The molecule has 0 unspecified atom stereocenters. The van der Waals surface area contributed by atoms with Crippen LogP contribution >= 0.6 is 11.6 Å². The van der Waals surface area contributed by atoms with Crippen LogP contribution in [0.1, 0.15) is 37.1 Å². The Morgan fingerprint density at radius 2 is 1.62 bits per heavy atom. The number of hydrogen-bond donors (Lipinski definition) is 1. The number of aromatic nitrogens is 2. The number of nitrogens with zero attached hydrogens (tertiary/aromatic N) is 2. The first kappa shape index (κ1) is 26.6. The van der Waals surface area contributed by atoms with E-state index in [0.29, 0.717) is 23.9 Å². The number of imidazole rings is 1. The van der Waals surface area contributed by atoms with Gasteiger partial charge >= 0.3 is 0 Å². The molecule has 1 N–H and O–H groups in total. The van der Waals surface area contributed by atoms with E-state index in [1.807, 2.05) is 18.2 Å². The lowest BCUT2D eigenvalue weighted by molar-refractivity contribution is -0.123. The highest BCUT2D eigenvalue weighted by molar-refractivity contribution is 6.30. The number of benzene rings is 3. The van der Waals surface area contributed by atoms with Crippen molar-refractivity contribution in [1.29, 1.82) is 0 Å². The minimum Gasteiger partial charge on any atom is -0.494 e. The van der Waals surface area contributed by atoms with Crippen LogP contribution in [0.5, 0.6) is 11.5 Å². The SMILES string of the molecule is Cc1ccc(OCCCn2c(CCCCCNC(=O)COc3ccc(Cl)cc3)nc3ccccc32)cc1. The summed E-state index contributed by atoms with van der Waals surface area (Å²) in [4.78, 5) is 16.9. The molecular formula is C30H34ClN3O3. The third-order valence-electron chi connectivity index (χ3n) is 6.13. The Labute approximate surface area is 223 Å². The van der Waals surface area contributed by atoms with Gasteiger partial charge in [-0.15, -0.1) is 0 Å². The molecule has 1 heterocycles. The van der Waals surface area contributed by atoms with E-state index < -0.39 is 0 Å². The number of nitrogens with one attached hydrogen (secondary N) is 1. The molecule has 6 nitrogen and oxygen atoms in total. The highest BCUT2D eigenvalue weighted by atomic mass is 35.5. The van der Waals surface area contributed by atoms with Gasteiger partial charge in [0.15, 0.2) is 6.61 Å². The summed E-state index contributed by atoms with van der Waals surface area (Å²) < 4.78 is 13.7. The van der Waals surface area contributed by atoms with Gasteiger partial charge in [0, 0.05) is 24.5 Å². The van der Waals surface area contributed by atoms with Gasteiger partial charge in [0.05, 0.1) is 17.6 Å².